The van der Waals surface area contributed by atoms with Crippen LogP contribution in [0.3, 0.4) is 0 Å². The second-order valence-corrected chi connectivity index (χ2v) is 10.5. The number of esters is 2. The molecule has 15 heteroatoms. The van der Waals surface area contributed by atoms with Crippen LogP contribution in [0, 0.1) is 0 Å². The third-order valence-electron chi connectivity index (χ3n) is 7.38. The average Bonchev–Trinajstić information content (AvgIpc) is 3.69. The molecular formula is C33H30N8O7. The van der Waals surface area contributed by atoms with E-state index in [0.29, 0.717) is 5.69 Å². The number of hydrogen-bond donors (Lipinski definition) is 4. The number of rotatable bonds is 9. The van der Waals surface area contributed by atoms with Crippen molar-refractivity contribution in [3.8, 4) is 0 Å². The van der Waals surface area contributed by atoms with Crippen LogP contribution in [0.5, 0.6) is 0 Å². The van der Waals surface area contributed by atoms with Crippen LogP contribution in [0.2, 0.25) is 0 Å². The van der Waals surface area contributed by atoms with Crippen molar-refractivity contribution in [2.45, 2.75) is 24.5 Å². The molecule has 3 heterocycles. The molecule has 0 aliphatic carbocycles. The molecule has 0 unspecified atom stereocenters. The quantitative estimate of drug-likeness (QED) is 0.171. The molecule has 4 amide bonds. The van der Waals surface area contributed by atoms with Crippen molar-refractivity contribution in [1.29, 1.82) is 0 Å². The number of nitrogens with zero attached hydrogens (tertiary/aromatic N) is 4. The summed E-state index contributed by atoms with van der Waals surface area (Å²) in [5.74, 6) is -1.29. The van der Waals surface area contributed by atoms with E-state index in [2.05, 4.69) is 36.2 Å². The number of carbonyl (C=O) groups is 4. The lowest BCUT2D eigenvalue weighted by atomic mass is 10.1. The number of fused-ring (bicyclic) bond motifs is 1. The highest BCUT2D eigenvalue weighted by Gasteiger charge is 2.51. The third-order valence-corrected chi connectivity index (χ3v) is 7.38. The number of para-hydroxylation sites is 1. The molecule has 6 rings (SSSR count). The topological polar surface area (TPSA) is 188 Å². The minimum atomic E-state index is -1.24. The first-order valence-electron chi connectivity index (χ1n) is 14.8. The van der Waals surface area contributed by atoms with E-state index in [4.69, 9.17) is 14.2 Å². The van der Waals surface area contributed by atoms with Gasteiger partial charge in [-0.1, -0.05) is 54.6 Å². The molecule has 1 aliphatic heterocycles. The molecule has 0 saturated carbocycles. The van der Waals surface area contributed by atoms with E-state index >= 15 is 0 Å². The first-order chi connectivity index (χ1) is 23.4. The Morgan fingerprint density at radius 3 is 1.98 bits per heavy atom. The van der Waals surface area contributed by atoms with Gasteiger partial charge in [-0.25, -0.2) is 34.1 Å². The zero-order valence-electron chi connectivity index (χ0n) is 25.5. The molecule has 0 spiro atoms. The Balaban J connectivity index is 1.35. The molecular weight excluding hydrogens is 620 g/mol. The van der Waals surface area contributed by atoms with Gasteiger partial charge in [0.05, 0.1) is 17.5 Å². The fourth-order valence-corrected chi connectivity index (χ4v) is 5.10. The maximum Gasteiger partial charge on any atom is 0.338 e. The van der Waals surface area contributed by atoms with Crippen LogP contribution in [0.1, 0.15) is 26.9 Å². The summed E-state index contributed by atoms with van der Waals surface area (Å²) in [6.07, 6.45) is -1.95. The Morgan fingerprint density at radius 2 is 1.35 bits per heavy atom. The molecule has 4 atom stereocenters. The summed E-state index contributed by atoms with van der Waals surface area (Å²) in [5.41, 5.74) is 1.52. The Morgan fingerprint density at radius 1 is 0.750 bits per heavy atom. The number of amides is 4. The Kier molecular flexibility index (Phi) is 9.48. The summed E-state index contributed by atoms with van der Waals surface area (Å²) in [6, 6.07) is 24.4. The number of benzene rings is 3. The highest BCUT2D eigenvalue weighted by molar-refractivity contribution is 6.03. The van der Waals surface area contributed by atoms with Crippen LogP contribution < -0.4 is 21.3 Å². The van der Waals surface area contributed by atoms with Crippen molar-refractivity contribution in [3.63, 3.8) is 0 Å². The van der Waals surface area contributed by atoms with Crippen molar-refractivity contribution in [1.82, 2.24) is 30.2 Å². The number of aromatic nitrogens is 4. The highest BCUT2D eigenvalue weighted by Crippen LogP contribution is 2.37. The van der Waals surface area contributed by atoms with E-state index in [1.165, 1.54) is 24.3 Å². The van der Waals surface area contributed by atoms with Gasteiger partial charge in [-0.15, -0.1) is 0 Å². The number of anilines is 2. The van der Waals surface area contributed by atoms with Crippen LogP contribution in [0.25, 0.3) is 11.2 Å². The summed E-state index contributed by atoms with van der Waals surface area (Å²) in [4.78, 5) is 64.6. The molecule has 15 nitrogen and oxygen atoms in total. The summed E-state index contributed by atoms with van der Waals surface area (Å²) in [5, 5.41) is 10.5. The molecule has 48 heavy (non-hydrogen) atoms. The number of nitrogens with one attached hydrogen (secondary N) is 4. The normalized spacial score (nSPS) is 18.4. The Labute approximate surface area is 273 Å². The van der Waals surface area contributed by atoms with E-state index in [0.717, 1.165) is 0 Å². The van der Waals surface area contributed by atoms with Gasteiger partial charge >= 0.3 is 24.0 Å². The maximum absolute atomic E-state index is 13.4. The van der Waals surface area contributed by atoms with Crippen molar-refractivity contribution in [2.75, 3.05) is 24.2 Å². The number of hydrogen-bond acceptors (Lipinski definition) is 10. The van der Waals surface area contributed by atoms with E-state index in [1.54, 1.807) is 84.9 Å². The SMILES string of the molecule is CNC(=O)NC[C@H]1O[C@@H](n2cnc3c(NC(=O)Nc4ccccc4)ncnc32)[C@H](OC(=O)c2ccccc2)[C@@H]1OC(=O)c1ccccc1. The van der Waals surface area contributed by atoms with Crippen LogP contribution in [-0.2, 0) is 14.2 Å². The smallest absolute Gasteiger partial charge is 0.338 e. The molecule has 5 aromatic rings. The van der Waals surface area contributed by atoms with Crippen molar-refractivity contribution in [3.05, 3.63) is 115 Å². The van der Waals surface area contributed by atoms with Gasteiger partial charge in [-0.2, -0.15) is 0 Å². The van der Waals surface area contributed by atoms with Gasteiger partial charge < -0.3 is 30.2 Å². The summed E-state index contributed by atoms with van der Waals surface area (Å²) in [7, 11) is 1.45. The standard InChI is InChI=1S/C33H30N8O7/c1-34-32(44)35-17-23-25(47-30(42)20-11-5-2-6-12-20)26(48-31(43)21-13-7-3-8-14-21)29(46-23)41-19-38-24-27(36-18-37-28(24)41)40-33(45)39-22-15-9-4-10-16-22/h2-16,18-19,23,25-26,29H,17H2,1H3,(H2,34,35,44)(H2,36,37,39,40,45)/t23-,25-,26-,29-/m1/s1. The predicted molar refractivity (Wildman–Crippen MR) is 172 cm³/mol. The minimum absolute atomic E-state index is 0.105. The molecule has 0 radical (unpaired) electrons. The first kappa shape index (κ1) is 31.6. The molecule has 244 valence electrons. The zero-order valence-corrected chi connectivity index (χ0v) is 25.5. The van der Waals surface area contributed by atoms with Crippen LogP contribution in [0.4, 0.5) is 21.1 Å². The Bertz CT molecular complexity index is 1910. The second-order valence-electron chi connectivity index (χ2n) is 10.5. The van der Waals surface area contributed by atoms with Crippen molar-refractivity contribution >= 4 is 46.7 Å². The van der Waals surface area contributed by atoms with E-state index in [-0.39, 0.29) is 34.7 Å². The highest BCUT2D eigenvalue weighted by atomic mass is 16.6. The molecule has 1 fully saturated rings. The van der Waals surface area contributed by atoms with Gasteiger partial charge in [0, 0.05) is 19.3 Å². The van der Waals surface area contributed by atoms with Crippen LogP contribution in [-0.4, -0.2) is 75.4 Å². The fraction of sp³-hybridized carbons (Fsp3) is 0.182. The van der Waals surface area contributed by atoms with Gasteiger partial charge in [0.15, 0.2) is 35.4 Å². The summed E-state index contributed by atoms with van der Waals surface area (Å²) >= 11 is 0. The lowest BCUT2D eigenvalue weighted by Gasteiger charge is -2.25. The van der Waals surface area contributed by atoms with Gasteiger partial charge in [0.25, 0.3) is 0 Å². The van der Waals surface area contributed by atoms with E-state index in [9.17, 15) is 19.2 Å². The number of carbonyl (C=O) groups excluding carboxylic acids is 4. The Hall–Kier alpha value is -6.35. The van der Waals surface area contributed by atoms with Crippen molar-refractivity contribution in [2.24, 2.45) is 0 Å². The third kappa shape index (κ3) is 7.05. The summed E-state index contributed by atoms with van der Waals surface area (Å²) < 4.78 is 19.8. The second kappa shape index (κ2) is 14.4. The van der Waals surface area contributed by atoms with Crippen molar-refractivity contribution < 1.29 is 33.4 Å². The average molecular weight is 651 g/mol. The largest absolute Gasteiger partial charge is 0.452 e. The van der Waals surface area contributed by atoms with Gasteiger partial charge in [-0.3, -0.25) is 9.88 Å². The number of urea groups is 2. The van der Waals surface area contributed by atoms with E-state index in [1.807, 2.05) is 6.07 Å². The van der Waals surface area contributed by atoms with E-state index < -0.39 is 48.5 Å². The minimum Gasteiger partial charge on any atom is -0.452 e. The zero-order chi connectivity index (χ0) is 33.5. The lowest BCUT2D eigenvalue weighted by Crippen LogP contribution is -2.45. The number of imidazole rings is 1. The molecule has 4 N–H and O–H groups in total. The monoisotopic (exact) mass is 650 g/mol. The molecule has 1 aliphatic rings. The molecule has 2 aromatic heterocycles. The van der Waals surface area contributed by atoms with Gasteiger partial charge in [0.1, 0.15) is 12.4 Å². The molecule has 3 aromatic carbocycles. The summed E-state index contributed by atoms with van der Waals surface area (Å²) in [6.45, 7) is -0.115. The maximum atomic E-state index is 13.4. The number of ether oxygens (including phenoxy) is 3. The van der Waals surface area contributed by atoms with Gasteiger partial charge in [-0.05, 0) is 36.4 Å². The first-order valence-corrected chi connectivity index (χ1v) is 14.8. The fourth-order valence-electron chi connectivity index (χ4n) is 5.10. The molecule has 1 saturated heterocycles. The lowest BCUT2D eigenvalue weighted by molar-refractivity contribution is -0.0484. The predicted octanol–water partition coefficient (Wildman–Crippen LogP) is 3.75. The van der Waals surface area contributed by atoms with Gasteiger partial charge in [0.2, 0.25) is 0 Å². The molecule has 0 bridgehead atoms. The van der Waals surface area contributed by atoms with Crippen LogP contribution >= 0.6 is 0 Å². The van der Waals surface area contributed by atoms with Crippen LogP contribution in [0.15, 0.2) is 104 Å².